The number of amides is 1. The molecule has 3 aromatic rings. The number of aromatic nitrogens is 1. The first kappa shape index (κ1) is 19.5. The van der Waals surface area contributed by atoms with Crippen molar-refractivity contribution in [3.63, 3.8) is 0 Å². The second kappa shape index (κ2) is 8.63. The van der Waals surface area contributed by atoms with E-state index in [0.717, 1.165) is 21.8 Å². The van der Waals surface area contributed by atoms with E-state index in [1.807, 2.05) is 60.2 Å². The van der Waals surface area contributed by atoms with E-state index in [0.29, 0.717) is 23.7 Å². The van der Waals surface area contributed by atoms with E-state index in [1.165, 1.54) is 0 Å². The van der Waals surface area contributed by atoms with Crippen LogP contribution in [-0.4, -0.2) is 24.1 Å². The molecule has 0 spiro atoms. The second-order valence-electron chi connectivity index (χ2n) is 6.31. The van der Waals surface area contributed by atoms with Crippen LogP contribution in [0.4, 0.5) is 11.5 Å². The molecule has 7 heteroatoms. The monoisotopic (exact) mass is 394 g/mol. The van der Waals surface area contributed by atoms with Gasteiger partial charge in [-0.05, 0) is 43.0 Å². The van der Waals surface area contributed by atoms with E-state index in [4.69, 9.17) is 4.74 Å². The summed E-state index contributed by atoms with van der Waals surface area (Å²) in [4.78, 5) is 13.8. The lowest BCUT2D eigenvalue weighted by Crippen LogP contribution is -2.24. The topological polar surface area (TPSA) is 79.1 Å². The number of carbonyl (C=O) groups excluding carboxylic acids is 1. The van der Waals surface area contributed by atoms with Gasteiger partial charge in [0.15, 0.2) is 0 Å². The molecule has 0 saturated heterocycles. The summed E-state index contributed by atoms with van der Waals surface area (Å²) in [7, 11) is 1.59. The highest BCUT2D eigenvalue weighted by atomic mass is 32.1. The number of nitrogens with one attached hydrogen (secondary N) is 2. The van der Waals surface area contributed by atoms with Gasteiger partial charge in [0.25, 0.3) is 0 Å². The molecule has 0 aliphatic heterocycles. The minimum atomic E-state index is -0.229. The maximum atomic E-state index is 12.6. The molecule has 0 aliphatic carbocycles. The van der Waals surface area contributed by atoms with E-state index in [-0.39, 0.29) is 12.5 Å². The Morgan fingerprint density at radius 1 is 1.25 bits per heavy atom. The Kier molecular flexibility index (Phi) is 6.02. The fraction of sp³-hybridized carbons (Fsp3) is 0.238. The predicted molar refractivity (Wildman–Crippen MR) is 112 cm³/mol. The van der Waals surface area contributed by atoms with Crippen molar-refractivity contribution >= 4 is 28.7 Å². The number of anilines is 2. The summed E-state index contributed by atoms with van der Waals surface area (Å²) in [5, 5.41) is 17.6. The third-order valence-corrected chi connectivity index (χ3v) is 5.50. The number of nitrogens with zero attached hydrogens (tertiary/aromatic N) is 2. The molecule has 1 aromatic carbocycles. The molecule has 0 saturated carbocycles. The molecule has 6 nitrogen and oxygen atoms in total. The molecular formula is C21H22N4O2S. The van der Waals surface area contributed by atoms with Gasteiger partial charge < -0.3 is 19.9 Å². The first-order valence-electron chi connectivity index (χ1n) is 8.84. The lowest BCUT2D eigenvalue weighted by molar-refractivity contribution is -0.114. The molecule has 0 atom stereocenters. The predicted octanol–water partition coefficient (Wildman–Crippen LogP) is 4.15. The second-order valence-corrected chi connectivity index (χ2v) is 7.35. The van der Waals surface area contributed by atoms with Crippen molar-refractivity contribution in [1.82, 2.24) is 4.57 Å². The highest BCUT2D eigenvalue weighted by Crippen LogP contribution is 2.28. The highest BCUT2D eigenvalue weighted by Gasteiger charge is 2.20. The maximum Gasteiger partial charge on any atom is 0.244 e. The summed E-state index contributed by atoms with van der Waals surface area (Å²) in [6, 6.07) is 13.7. The van der Waals surface area contributed by atoms with Crippen molar-refractivity contribution in [2.24, 2.45) is 0 Å². The quantitative estimate of drug-likeness (QED) is 0.631. The Bertz CT molecular complexity index is 1020. The van der Waals surface area contributed by atoms with Crippen molar-refractivity contribution in [3.05, 3.63) is 63.5 Å². The van der Waals surface area contributed by atoms with Crippen LogP contribution in [0.5, 0.6) is 5.75 Å². The molecule has 2 heterocycles. The summed E-state index contributed by atoms with van der Waals surface area (Å²) in [6.07, 6.45) is 0. The maximum absolute atomic E-state index is 12.6. The first-order chi connectivity index (χ1) is 13.5. The summed E-state index contributed by atoms with van der Waals surface area (Å²) in [5.74, 6) is 0.978. The van der Waals surface area contributed by atoms with Gasteiger partial charge >= 0.3 is 0 Å². The normalized spacial score (nSPS) is 10.4. The zero-order chi connectivity index (χ0) is 20.1. The molecule has 0 aliphatic rings. The molecule has 144 valence electrons. The number of para-hydroxylation sites is 2. The van der Waals surface area contributed by atoms with Gasteiger partial charge in [-0.1, -0.05) is 18.2 Å². The van der Waals surface area contributed by atoms with Crippen molar-refractivity contribution in [3.8, 4) is 11.8 Å². The summed E-state index contributed by atoms with van der Waals surface area (Å²) in [6.45, 7) is 4.54. The smallest absolute Gasteiger partial charge is 0.244 e. The Morgan fingerprint density at radius 2 is 2.04 bits per heavy atom. The minimum Gasteiger partial charge on any atom is -0.495 e. The number of thiophene rings is 1. The number of hydrogen-bond donors (Lipinski definition) is 2. The molecule has 1 amide bonds. The van der Waals surface area contributed by atoms with Gasteiger partial charge in [-0.25, -0.2) is 0 Å². The van der Waals surface area contributed by atoms with Crippen molar-refractivity contribution in [2.45, 2.75) is 20.4 Å². The van der Waals surface area contributed by atoms with Crippen molar-refractivity contribution in [1.29, 1.82) is 5.26 Å². The van der Waals surface area contributed by atoms with E-state index in [1.54, 1.807) is 18.4 Å². The Morgan fingerprint density at radius 3 is 2.71 bits per heavy atom. The standard InChI is InChI=1S/C21H22N4O2S/c1-14-15(2)25(13-16-7-6-10-28-16)21(17(14)11-22)24-20(26)12-23-18-8-4-5-9-19(18)27-3/h4-10,23H,12-13H2,1-3H3,(H,24,26). The van der Waals surface area contributed by atoms with Crippen LogP contribution in [-0.2, 0) is 11.3 Å². The molecule has 0 radical (unpaired) electrons. The van der Waals surface area contributed by atoms with Gasteiger partial charge in [-0.3, -0.25) is 4.79 Å². The van der Waals surface area contributed by atoms with Crippen LogP contribution >= 0.6 is 11.3 Å². The third-order valence-electron chi connectivity index (χ3n) is 4.64. The number of benzene rings is 1. The van der Waals surface area contributed by atoms with Crippen LogP contribution in [0.3, 0.4) is 0 Å². The summed E-state index contributed by atoms with van der Waals surface area (Å²) < 4.78 is 7.28. The average molecular weight is 395 g/mol. The van der Waals surface area contributed by atoms with Crippen LogP contribution in [0, 0.1) is 25.2 Å². The van der Waals surface area contributed by atoms with Gasteiger partial charge in [-0.2, -0.15) is 5.26 Å². The van der Waals surface area contributed by atoms with E-state index in [9.17, 15) is 10.1 Å². The molecular weight excluding hydrogens is 372 g/mol. The Hall–Kier alpha value is -3.24. The number of carbonyl (C=O) groups is 1. The third kappa shape index (κ3) is 4.02. The Labute approximate surface area is 168 Å². The molecule has 0 fully saturated rings. The van der Waals surface area contributed by atoms with Crippen LogP contribution in [0.2, 0.25) is 0 Å². The number of hydrogen-bond acceptors (Lipinski definition) is 5. The largest absolute Gasteiger partial charge is 0.495 e. The molecule has 28 heavy (non-hydrogen) atoms. The number of ether oxygens (including phenoxy) is 1. The van der Waals surface area contributed by atoms with Crippen LogP contribution in [0.25, 0.3) is 0 Å². The van der Waals surface area contributed by atoms with Gasteiger partial charge in [0.1, 0.15) is 17.6 Å². The zero-order valence-electron chi connectivity index (χ0n) is 16.1. The Balaban J connectivity index is 1.80. The summed E-state index contributed by atoms with van der Waals surface area (Å²) in [5.41, 5.74) is 3.09. The van der Waals surface area contributed by atoms with Crippen LogP contribution in [0.1, 0.15) is 21.7 Å². The first-order valence-corrected chi connectivity index (χ1v) is 9.72. The fourth-order valence-corrected chi connectivity index (χ4v) is 3.72. The number of nitriles is 1. The number of methoxy groups -OCH3 is 1. The van der Waals surface area contributed by atoms with Crippen molar-refractivity contribution < 1.29 is 9.53 Å². The molecule has 0 unspecified atom stereocenters. The highest BCUT2D eigenvalue weighted by molar-refractivity contribution is 7.09. The number of rotatable bonds is 7. The molecule has 2 N–H and O–H groups in total. The van der Waals surface area contributed by atoms with Gasteiger partial charge in [0.05, 0.1) is 31.5 Å². The van der Waals surface area contributed by atoms with E-state index in [2.05, 4.69) is 16.7 Å². The van der Waals surface area contributed by atoms with Gasteiger partial charge in [0, 0.05) is 10.6 Å². The van der Waals surface area contributed by atoms with Gasteiger partial charge in [-0.15, -0.1) is 11.3 Å². The lowest BCUT2D eigenvalue weighted by Gasteiger charge is -2.14. The minimum absolute atomic E-state index is 0.0630. The van der Waals surface area contributed by atoms with E-state index >= 15 is 0 Å². The SMILES string of the molecule is COc1ccccc1NCC(=O)Nc1c(C#N)c(C)c(C)n1Cc1cccs1. The van der Waals surface area contributed by atoms with Gasteiger partial charge in [0.2, 0.25) is 5.91 Å². The average Bonchev–Trinajstić information content (AvgIpc) is 3.29. The van der Waals surface area contributed by atoms with Crippen LogP contribution in [0.15, 0.2) is 41.8 Å². The van der Waals surface area contributed by atoms with E-state index < -0.39 is 0 Å². The molecule has 0 bridgehead atoms. The zero-order valence-corrected chi connectivity index (χ0v) is 16.9. The fourth-order valence-electron chi connectivity index (χ4n) is 3.03. The van der Waals surface area contributed by atoms with Crippen molar-refractivity contribution in [2.75, 3.05) is 24.3 Å². The summed E-state index contributed by atoms with van der Waals surface area (Å²) >= 11 is 1.65. The van der Waals surface area contributed by atoms with Crippen LogP contribution < -0.4 is 15.4 Å². The molecule has 2 aromatic heterocycles. The lowest BCUT2D eigenvalue weighted by atomic mass is 10.2. The molecule has 3 rings (SSSR count).